The Labute approximate surface area is 120 Å². The average molecular weight is 266 g/mol. The summed E-state index contributed by atoms with van der Waals surface area (Å²) in [6.07, 6.45) is 9.72. The van der Waals surface area contributed by atoms with Crippen molar-refractivity contribution in [2.24, 2.45) is 5.92 Å². The van der Waals surface area contributed by atoms with Crippen LogP contribution in [0.4, 0.5) is 0 Å². The first-order valence-electron chi connectivity index (χ1n) is 8.58. The molecule has 0 amide bonds. The van der Waals surface area contributed by atoms with Crippen LogP contribution in [-0.2, 0) is 0 Å². The Morgan fingerprint density at radius 3 is 2.63 bits per heavy atom. The highest BCUT2D eigenvalue weighted by Gasteiger charge is 2.37. The molecule has 4 atom stereocenters. The quantitative estimate of drug-likeness (QED) is 0.782. The van der Waals surface area contributed by atoms with Crippen LogP contribution in [0.25, 0.3) is 0 Å². The zero-order valence-electron chi connectivity index (χ0n) is 13.5. The van der Waals surface area contributed by atoms with Crippen LogP contribution >= 0.6 is 0 Å². The monoisotopic (exact) mass is 266 g/mol. The highest BCUT2D eigenvalue weighted by molar-refractivity contribution is 4.96. The van der Waals surface area contributed by atoms with Gasteiger partial charge in [0.2, 0.25) is 0 Å². The third-order valence-electron chi connectivity index (χ3n) is 5.71. The van der Waals surface area contributed by atoms with Crippen LogP contribution in [0.15, 0.2) is 0 Å². The van der Waals surface area contributed by atoms with Gasteiger partial charge in [0.1, 0.15) is 0 Å². The molecule has 112 valence electrons. The van der Waals surface area contributed by atoms with Crippen LogP contribution in [0.2, 0.25) is 0 Å². The van der Waals surface area contributed by atoms with Gasteiger partial charge in [-0.1, -0.05) is 33.6 Å². The van der Waals surface area contributed by atoms with Crippen molar-refractivity contribution in [1.82, 2.24) is 10.2 Å². The van der Waals surface area contributed by atoms with Gasteiger partial charge in [-0.15, -0.1) is 0 Å². The average Bonchev–Trinajstić information content (AvgIpc) is 2.63. The first-order valence-corrected chi connectivity index (χ1v) is 8.58. The maximum absolute atomic E-state index is 3.80. The molecule has 0 spiro atoms. The molecule has 2 rings (SSSR count). The second-order valence-electron chi connectivity index (χ2n) is 7.30. The van der Waals surface area contributed by atoms with Crippen molar-refractivity contribution < 1.29 is 0 Å². The van der Waals surface area contributed by atoms with Crippen LogP contribution in [0.1, 0.15) is 72.6 Å². The molecule has 0 aromatic heterocycles. The van der Waals surface area contributed by atoms with Crippen molar-refractivity contribution in [3.05, 3.63) is 0 Å². The van der Waals surface area contributed by atoms with Crippen molar-refractivity contribution >= 4 is 0 Å². The molecule has 1 saturated heterocycles. The van der Waals surface area contributed by atoms with E-state index in [1.54, 1.807) is 0 Å². The Bertz CT molecular complexity index is 278. The first-order chi connectivity index (χ1) is 9.08. The maximum atomic E-state index is 3.80. The molecule has 4 unspecified atom stereocenters. The summed E-state index contributed by atoms with van der Waals surface area (Å²) in [5.74, 6) is 0.950. The van der Waals surface area contributed by atoms with Crippen molar-refractivity contribution in [3.63, 3.8) is 0 Å². The predicted octanol–water partition coefficient (Wildman–Crippen LogP) is 3.81. The smallest absolute Gasteiger partial charge is 0.0278 e. The lowest BCUT2D eigenvalue weighted by molar-refractivity contribution is 0.0374. The van der Waals surface area contributed by atoms with Gasteiger partial charge in [0, 0.05) is 30.7 Å². The van der Waals surface area contributed by atoms with Crippen molar-refractivity contribution in [2.75, 3.05) is 13.1 Å². The molecule has 0 aromatic carbocycles. The maximum Gasteiger partial charge on any atom is 0.0278 e. The highest BCUT2D eigenvalue weighted by Crippen LogP contribution is 2.30. The number of hydrogen-bond acceptors (Lipinski definition) is 2. The molecule has 1 saturated carbocycles. The summed E-state index contributed by atoms with van der Waals surface area (Å²) in [6, 6.07) is 1.61. The third-order valence-corrected chi connectivity index (χ3v) is 5.71. The van der Waals surface area contributed by atoms with E-state index in [0.717, 1.165) is 18.0 Å². The van der Waals surface area contributed by atoms with Gasteiger partial charge in [0.25, 0.3) is 0 Å². The summed E-state index contributed by atoms with van der Waals surface area (Å²) >= 11 is 0. The zero-order valence-corrected chi connectivity index (χ0v) is 13.5. The fourth-order valence-electron chi connectivity index (χ4n) is 3.91. The van der Waals surface area contributed by atoms with E-state index >= 15 is 0 Å². The SMILES string of the molecule is CCC1CNC(C)(CC)CN1C1CCCC(C)CC1. The molecule has 1 aliphatic carbocycles. The minimum absolute atomic E-state index is 0.337. The first kappa shape index (κ1) is 15.3. The Morgan fingerprint density at radius 1 is 1.16 bits per heavy atom. The second-order valence-corrected chi connectivity index (χ2v) is 7.30. The van der Waals surface area contributed by atoms with E-state index in [0.29, 0.717) is 5.54 Å². The van der Waals surface area contributed by atoms with Gasteiger partial charge in [0.05, 0.1) is 0 Å². The minimum atomic E-state index is 0.337. The molecule has 0 aromatic rings. The van der Waals surface area contributed by atoms with Crippen molar-refractivity contribution in [2.45, 2.75) is 90.3 Å². The lowest BCUT2D eigenvalue weighted by Crippen LogP contribution is -2.64. The Morgan fingerprint density at radius 2 is 1.95 bits per heavy atom. The van der Waals surface area contributed by atoms with Crippen LogP contribution in [0.5, 0.6) is 0 Å². The Kier molecular flexibility index (Phi) is 5.30. The number of nitrogens with zero attached hydrogens (tertiary/aromatic N) is 1. The second kappa shape index (κ2) is 6.58. The number of nitrogens with one attached hydrogen (secondary N) is 1. The number of piperazine rings is 1. The molecule has 0 bridgehead atoms. The number of hydrogen-bond donors (Lipinski definition) is 1. The van der Waals surface area contributed by atoms with Crippen LogP contribution in [0, 0.1) is 5.92 Å². The third kappa shape index (κ3) is 3.72. The van der Waals surface area contributed by atoms with E-state index in [1.165, 1.54) is 58.0 Å². The fourth-order valence-corrected chi connectivity index (χ4v) is 3.91. The van der Waals surface area contributed by atoms with Gasteiger partial charge in [-0.25, -0.2) is 0 Å². The van der Waals surface area contributed by atoms with Crippen LogP contribution < -0.4 is 5.32 Å². The molecule has 19 heavy (non-hydrogen) atoms. The molecule has 2 fully saturated rings. The van der Waals surface area contributed by atoms with Gasteiger partial charge >= 0.3 is 0 Å². The summed E-state index contributed by atoms with van der Waals surface area (Å²) in [6.45, 7) is 12.0. The summed E-state index contributed by atoms with van der Waals surface area (Å²) < 4.78 is 0. The van der Waals surface area contributed by atoms with E-state index in [9.17, 15) is 0 Å². The van der Waals surface area contributed by atoms with Crippen molar-refractivity contribution in [3.8, 4) is 0 Å². The van der Waals surface area contributed by atoms with Gasteiger partial charge in [-0.05, 0) is 44.9 Å². The van der Waals surface area contributed by atoms with Gasteiger partial charge in [-0.2, -0.15) is 0 Å². The van der Waals surface area contributed by atoms with Gasteiger partial charge in [-0.3, -0.25) is 4.90 Å². The molecule has 2 nitrogen and oxygen atoms in total. The normalized spacial score (nSPS) is 42.0. The molecule has 1 aliphatic heterocycles. The highest BCUT2D eigenvalue weighted by atomic mass is 15.3. The van der Waals surface area contributed by atoms with Gasteiger partial charge in [0.15, 0.2) is 0 Å². The van der Waals surface area contributed by atoms with Crippen LogP contribution in [0.3, 0.4) is 0 Å². The topological polar surface area (TPSA) is 15.3 Å². The molecule has 2 aliphatic rings. The lowest BCUT2D eigenvalue weighted by Gasteiger charge is -2.49. The summed E-state index contributed by atoms with van der Waals surface area (Å²) in [7, 11) is 0. The zero-order chi connectivity index (χ0) is 13.9. The summed E-state index contributed by atoms with van der Waals surface area (Å²) in [4.78, 5) is 2.87. The lowest BCUT2D eigenvalue weighted by atomic mass is 9.90. The largest absolute Gasteiger partial charge is 0.309 e. The summed E-state index contributed by atoms with van der Waals surface area (Å²) in [5.41, 5.74) is 0.337. The molecule has 2 heteroatoms. The minimum Gasteiger partial charge on any atom is -0.309 e. The molecule has 0 radical (unpaired) electrons. The van der Waals surface area contributed by atoms with Gasteiger partial charge < -0.3 is 5.32 Å². The summed E-state index contributed by atoms with van der Waals surface area (Å²) in [5, 5.41) is 3.80. The standard InChI is InChI=1S/C17H34N2/c1-5-15-12-18-17(4,6-2)13-19(15)16-9-7-8-14(3)10-11-16/h14-16,18H,5-13H2,1-4H3. The Balaban J connectivity index is 2.04. The predicted molar refractivity (Wildman–Crippen MR) is 83.5 cm³/mol. The Hall–Kier alpha value is -0.0800. The van der Waals surface area contributed by atoms with E-state index < -0.39 is 0 Å². The van der Waals surface area contributed by atoms with Crippen LogP contribution in [-0.4, -0.2) is 35.6 Å². The molecule has 1 N–H and O–H groups in total. The van der Waals surface area contributed by atoms with E-state index in [2.05, 4.69) is 37.9 Å². The fraction of sp³-hybridized carbons (Fsp3) is 1.00. The van der Waals surface area contributed by atoms with E-state index in [4.69, 9.17) is 0 Å². The van der Waals surface area contributed by atoms with E-state index in [1.807, 2.05) is 0 Å². The molecule has 1 heterocycles. The molecular formula is C17H34N2. The number of rotatable bonds is 3. The van der Waals surface area contributed by atoms with E-state index in [-0.39, 0.29) is 0 Å². The van der Waals surface area contributed by atoms with Crippen molar-refractivity contribution in [1.29, 1.82) is 0 Å². The molecular weight excluding hydrogens is 232 g/mol.